The third kappa shape index (κ3) is 4.74. The average molecular weight is 508 g/mol. The predicted octanol–water partition coefficient (Wildman–Crippen LogP) is 5.30. The minimum Gasteiger partial charge on any atom is -0.397 e. The molecular weight excluding hydrogens is 485 g/mol. The van der Waals surface area contributed by atoms with Crippen molar-refractivity contribution in [3.05, 3.63) is 76.5 Å². The van der Waals surface area contributed by atoms with Crippen LogP contribution in [-0.4, -0.2) is 39.3 Å². The van der Waals surface area contributed by atoms with Crippen LogP contribution in [0.2, 0.25) is 0 Å². The van der Waals surface area contributed by atoms with Crippen LogP contribution in [-0.2, 0) is 6.54 Å². The zero-order valence-electron chi connectivity index (χ0n) is 18.9. The predicted molar refractivity (Wildman–Crippen MR) is 140 cm³/mol. The van der Waals surface area contributed by atoms with E-state index in [2.05, 4.69) is 26.6 Å². The summed E-state index contributed by atoms with van der Waals surface area (Å²) in [5.74, 6) is -1.01. The molecule has 11 heteroatoms. The molecule has 4 aromatic heterocycles. The van der Waals surface area contributed by atoms with Gasteiger partial charge in [-0.3, -0.25) is 9.20 Å². The number of hydrogen-bond acceptors (Lipinski definition) is 8. The van der Waals surface area contributed by atoms with Crippen molar-refractivity contribution in [3.63, 3.8) is 0 Å². The molecule has 4 heterocycles. The van der Waals surface area contributed by atoms with E-state index in [1.807, 2.05) is 42.3 Å². The zero-order chi connectivity index (χ0) is 24.5. The summed E-state index contributed by atoms with van der Waals surface area (Å²) in [6, 6.07) is 11.8. The van der Waals surface area contributed by atoms with E-state index in [1.165, 1.54) is 40.9 Å². The van der Waals surface area contributed by atoms with Crippen molar-refractivity contribution in [2.24, 2.45) is 0 Å². The van der Waals surface area contributed by atoms with Gasteiger partial charge in [-0.1, -0.05) is 12.1 Å². The first kappa shape index (κ1) is 23.0. The topological polar surface area (TPSA) is 101 Å². The van der Waals surface area contributed by atoms with Crippen LogP contribution in [0.15, 0.2) is 60.2 Å². The van der Waals surface area contributed by atoms with E-state index in [0.29, 0.717) is 10.0 Å². The van der Waals surface area contributed by atoms with Gasteiger partial charge < -0.3 is 21.3 Å². The quantitative estimate of drug-likeness (QED) is 0.259. The van der Waals surface area contributed by atoms with Crippen LogP contribution < -0.4 is 16.4 Å². The number of nitrogens with zero attached hydrogens (tertiary/aromatic N) is 4. The van der Waals surface area contributed by atoms with Gasteiger partial charge in [0.05, 0.1) is 27.5 Å². The Labute approximate surface area is 208 Å². The van der Waals surface area contributed by atoms with Crippen molar-refractivity contribution in [3.8, 4) is 11.4 Å². The Bertz CT molecular complexity index is 1500. The minimum absolute atomic E-state index is 0.0215. The molecule has 0 spiro atoms. The summed E-state index contributed by atoms with van der Waals surface area (Å²) in [6.45, 7) is 0.794. The lowest BCUT2D eigenvalue weighted by molar-refractivity contribution is 0.103. The number of para-hydroxylation sites is 1. The zero-order valence-corrected chi connectivity index (χ0v) is 20.6. The Hall–Kier alpha value is -3.80. The Kier molecular flexibility index (Phi) is 6.20. The number of imidazole rings is 1. The molecule has 4 N–H and O–H groups in total. The van der Waals surface area contributed by atoms with Gasteiger partial charge in [0.15, 0.2) is 5.13 Å². The first-order chi connectivity index (χ1) is 16.9. The highest BCUT2D eigenvalue weighted by Gasteiger charge is 2.16. The fourth-order valence-electron chi connectivity index (χ4n) is 3.65. The van der Waals surface area contributed by atoms with Gasteiger partial charge >= 0.3 is 0 Å². The van der Waals surface area contributed by atoms with E-state index in [1.54, 1.807) is 12.1 Å². The van der Waals surface area contributed by atoms with Gasteiger partial charge in [-0.05, 0) is 44.4 Å². The number of nitrogens with one attached hydrogen (secondary N) is 2. The highest BCUT2D eigenvalue weighted by molar-refractivity contribution is 7.19. The van der Waals surface area contributed by atoms with Crippen LogP contribution in [0.5, 0.6) is 0 Å². The molecule has 35 heavy (non-hydrogen) atoms. The maximum absolute atomic E-state index is 14.0. The van der Waals surface area contributed by atoms with Gasteiger partial charge in [-0.25, -0.2) is 14.4 Å². The minimum atomic E-state index is -0.579. The summed E-state index contributed by atoms with van der Waals surface area (Å²) in [7, 11) is 4.06. The number of fused-ring (bicyclic) bond motifs is 1. The van der Waals surface area contributed by atoms with Crippen LogP contribution in [0, 0.1) is 5.82 Å². The average Bonchev–Trinajstić information content (AvgIpc) is 3.56. The van der Waals surface area contributed by atoms with E-state index in [4.69, 9.17) is 10.7 Å². The maximum Gasteiger partial charge on any atom is 0.265 e. The molecule has 0 bridgehead atoms. The number of rotatable bonds is 7. The summed E-state index contributed by atoms with van der Waals surface area (Å²) in [4.78, 5) is 24.4. The molecule has 5 aromatic rings. The summed E-state index contributed by atoms with van der Waals surface area (Å²) >= 11 is 2.70. The summed E-state index contributed by atoms with van der Waals surface area (Å²) in [5.41, 5.74) is 9.68. The number of thiazole rings is 1. The van der Waals surface area contributed by atoms with E-state index in [-0.39, 0.29) is 11.4 Å². The Balaban J connectivity index is 1.32. The second kappa shape index (κ2) is 9.45. The van der Waals surface area contributed by atoms with Crippen molar-refractivity contribution in [1.82, 2.24) is 19.3 Å². The number of thiophene rings is 1. The molecule has 8 nitrogen and oxygen atoms in total. The SMILES string of the molecule is CN(C)Cc1cccn2c(-c3csc(Nc4ccc(C(=O)Nc5c(N)cccc5F)s4)n3)cnc12. The Morgan fingerprint density at radius 2 is 2.06 bits per heavy atom. The number of nitrogen functional groups attached to an aromatic ring is 1. The molecule has 0 aliphatic rings. The van der Waals surface area contributed by atoms with Gasteiger partial charge in [-0.15, -0.1) is 22.7 Å². The smallest absolute Gasteiger partial charge is 0.265 e. The number of hydrogen-bond donors (Lipinski definition) is 3. The largest absolute Gasteiger partial charge is 0.397 e. The van der Waals surface area contributed by atoms with Crippen LogP contribution in [0.25, 0.3) is 17.0 Å². The van der Waals surface area contributed by atoms with Crippen LogP contribution in [0.4, 0.5) is 25.9 Å². The first-order valence-electron chi connectivity index (χ1n) is 10.7. The first-order valence-corrected chi connectivity index (χ1v) is 12.4. The molecule has 0 radical (unpaired) electrons. The van der Waals surface area contributed by atoms with E-state index in [0.717, 1.165) is 34.1 Å². The van der Waals surface area contributed by atoms with Crippen molar-refractivity contribution in [2.45, 2.75) is 6.54 Å². The van der Waals surface area contributed by atoms with Crippen LogP contribution in [0.3, 0.4) is 0 Å². The lowest BCUT2D eigenvalue weighted by atomic mass is 10.2. The second-order valence-corrected chi connectivity index (χ2v) is 10.0. The third-order valence-corrected chi connectivity index (χ3v) is 6.97. The van der Waals surface area contributed by atoms with Gasteiger partial charge in [0, 0.05) is 23.7 Å². The summed E-state index contributed by atoms with van der Waals surface area (Å²) in [5, 5.41) is 9.18. The molecule has 1 aromatic carbocycles. The van der Waals surface area contributed by atoms with Gasteiger partial charge in [0.25, 0.3) is 5.91 Å². The molecule has 0 aliphatic heterocycles. The van der Waals surface area contributed by atoms with Crippen molar-refractivity contribution >= 4 is 55.7 Å². The molecule has 0 unspecified atom stereocenters. The molecule has 1 amide bonds. The molecule has 0 aliphatic carbocycles. The molecule has 5 rings (SSSR count). The number of amides is 1. The monoisotopic (exact) mass is 507 g/mol. The number of anilines is 4. The fraction of sp³-hybridized carbons (Fsp3) is 0.125. The lowest BCUT2D eigenvalue weighted by Gasteiger charge is -2.10. The van der Waals surface area contributed by atoms with Gasteiger partial charge in [0.1, 0.15) is 22.8 Å². The molecular formula is C24H22FN7OS2. The maximum atomic E-state index is 14.0. The molecule has 0 saturated heterocycles. The summed E-state index contributed by atoms with van der Waals surface area (Å²) in [6.07, 6.45) is 3.81. The third-order valence-electron chi connectivity index (χ3n) is 5.21. The number of pyridine rings is 1. The Morgan fingerprint density at radius 3 is 2.86 bits per heavy atom. The molecule has 0 saturated carbocycles. The highest BCUT2D eigenvalue weighted by atomic mass is 32.1. The fourth-order valence-corrected chi connectivity index (χ4v) is 5.23. The number of carbonyl (C=O) groups excluding carboxylic acids is 1. The van der Waals surface area contributed by atoms with Crippen molar-refractivity contribution < 1.29 is 9.18 Å². The number of aromatic nitrogens is 3. The second-order valence-electron chi connectivity index (χ2n) is 8.09. The summed E-state index contributed by atoms with van der Waals surface area (Å²) < 4.78 is 16.0. The molecule has 0 atom stereocenters. The van der Waals surface area contributed by atoms with E-state index >= 15 is 0 Å². The van der Waals surface area contributed by atoms with Crippen LogP contribution in [0.1, 0.15) is 15.2 Å². The van der Waals surface area contributed by atoms with Gasteiger partial charge in [0.2, 0.25) is 0 Å². The van der Waals surface area contributed by atoms with E-state index in [9.17, 15) is 9.18 Å². The van der Waals surface area contributed by atoms with Crippen molar-refractivity contribution in [1.29, 1.82) is 0 Å². The highest BCUT2D eigenvalue weighted by Crippen LogP contribution is 2.32. The van der Waals surface area contributed by atoms with E-state index < -0.39 is 11.7 Å². The lowest BCUT2D eigenvalue weighted by Crippen LogP contribution is -2.13. The number of carbonyl (C=O) groups is 1. The Morgan fingerprint density at radius 1 is 1.20 bits per heavy atom. The number of nitrogens with two attached hydrogens (primary N) is 1. The molecule has 178 valence electrons. The number of benzene rings is 1. The van der Waals surface area contributed by atoms with Crippen LogP contribution >= 0.6 is 22.7 Å². The van der Waals surface area contributed by atoms with Gasteiger partial charge in [-0.2, -0.15) is 0 Å². The molecule has 0 fully saturated rings. The number of halogens is 1. The normalized spacial score (nSPS) is 11.3. The van der Waals surface area contributed by atoms with Crippen molar-refractivity contribution in [2.75, 3.05) is 30.5 Å². The standard InChI is InChI=1S/C24H22FN7OS2/c1-31(2)12-14-5-4-10-32-18(11-27-22(14)32)17-13-34-24(28-17)29-20-9-8-19(35-20)23(33)30-21-15(25)6-3-7-16(21)26/h3-11,13H,12,26H2,1-2H3,(H,28,29)(H,30,33).